The molecular weight excluding hydrogens is 737 g/mol. The molecule has 0 radical (unpaired) electrons. The van der Waals surface area contributed by atoms with Crippen molar-refractivity contribution in [1.29, 1.82) is 0 Å². The van der Waals surface area contributed by atoms with Crippen molar-refractivity contribution in [2.45, 2.75) is 38.5 Å². The second kappa shape index (κ2) is 10.5. The Morgan fingerprint density at radius 3 is 1.04 bits per heavy atom. The number of benzene rings is 4. The minimum absolute atomic E-state index is 0.0737. The number of thiazole rings is 2. The van der Waals surface area contributed by atoms with Crippen LogP contribution in [-0.4, -0.2) is 33.1 Å². The molecule has 4 aromatic carbocycles. The Morgan fingerprint density at radius 2 is 0.759 bits per heavy atom. The van der Waals surface area contributed by atoms with E-state index in [1.165, 1.54) is 59.1 Å². The van der Waals surface area contributed by atoms with Gasteiger partial charge in [-0.05, 0) is 93.4 Å². The maximum Gasteiger partial charge on any atom is 0.197 e. The van der Waals surface area contributed by atoms with Crippen LogP contribution in [0.2, 0.25) is 0 Å². The molecule has 2 aromatic heterocycles. The predicted octanol–water partition coefficient (Wildman–Crippen LogP) is 9.88. The van der Waals surface area contributed by atoms with E-state index in [0.29, 0.717) is 31.6 Å². The second-order valence-corrected chi connectivity index (χ2v) is 17.0. The average Bonchev–Trinajstić information content (AvgIpc) is 3.91. The van der Waals surface area contributed by atoms with E-state index in [9.17, 15) is 36.7 Å². The summed E-state index contributed by atoms with van der Waals surface area (Å²) in [6.07, 6.45) is 2.97. The number of ketones is 4. The lowest BCUT2D eigenvalue weighted by molar-refractivity contribution is 0.0975. The molecule has 0 saturated heterocycles. The van der Waals surface area contributed by atoms with Crippen LogP contribution in [0.3, 0.4) is 0 Å². The zero-order chi connectivity index (χ0) is 37.9. The molecule has 0 N–H and O–H groups in total. The lowest BCUT2D eigenvalue weighted by Gasteiger charge is -2.21. The first kappa shape index (κ1) is 32.9. The Bertz CT molecular complexity index is 2690. The Balaban J connectivity index is 1.01. The Hall–Kier alpha value is -5.72. The van der Waals surface area contributed by atoms with Gasteiger partial charge in [-0.1, -0.05) is 27.7 Å². The normalized spacial score (nSPS) is 17.6. The molecule has 264 valence electrons. The average molecular weight is 759 g/mol. The van der Waals surface area contributed by atoms with Gasteiger partial charge in [-0.3, -0.25) is 19.2 Å². The summed E-state index contributed by atoms with van der Waals surface area (Å²) >= 11 is 2.72. The molecular formula is C42H22F4N2O4S2. The first-order valence-electron chi connectivity index (χ1n) is 16.8. The highest BCUT2D eigenvalue weighted by atomic mass is 32.1. The summed E-state index contributed by atoms with van der Waals surface area (Å²) in [7, 11) is 0. The van der Waals surface area contributed by atoms with Crippen molar-refractivity contribution in [3.63, 3.8) is 0 Å². The van der Waals surface area contributed by atoms with Crippen molar-refractivity contribution in [3.8, 4) is 0 Å². The number of hydrogen-bond acceptors (Lipinski definition) is 8. The highest BCUT2D eigenvalue weighted by Gasteiger charge is 2.54. The Labute approximate surface area is 311 Å². The summed E-state index contributed by atoms with van der Waals surface area (Å²) in [6.45, 7) is 8.15. The molecule has 0 unspecified atom stereocenters. The largest absolute Gasteiger partial charge is 0.288 e. The quantitative estimate of drug-likeness (QED) is 0.0992. The van der Waals surface area contributed by atoms with Crippen molar-refractivity contribution >= 4 is 90.6 Å². The van der Waals surface area contributed by atoms with Gasteiger partial charge in [0, 0.05) is 33.1 Å². The van der Waals surface area contributed by atoms with Gasteiger partial charge in [-0.15, -0.1) is 22.7 Å². The molecule has 12 heteroatoms. The standard InChI is InChI=1S/C42H22F4N2O4S2/c1-41(2)31-32(38-39(41)47-29(54-38)13-23-33(49)19-5-15-9-25(43)26(44)10-16(15)6-20(19)34(23)50)42(3,4)40-37(31)53-30(48-40)14-24-35(51)21-7-17-11-27(45)28(46)12-18(17)8-22(21)36(24)52/h5-14H,1-4H3. The highest BCUT2D eigenvalue weighted by molar-refractivity contribution is 7.15. The summed E-state index contributed by atoms with van der Waals surface area (Å²) in [4.78, 5) is 65.6. The summed E-state index contributed by atoms with van der Waals surface area (Å²) in [6, 6.07) is 9.66. The zero-order valence-electron chi connectivity index (χ0n) is 28.6. The van der Waals surface area contributed by atoms with Gasteiger partial charge < -0.3 is 0 Å². The number of allylic oxidation sites excluding steroid dienone is 4. The molecule has 0 saturated carbocycles. The van der Waals surface area contributed by atoms with E-state index >= 15 is 0 Å². The fourth-order valence-corrected chi connectivity index (χ4v) is 11.0. The van der Waals surface area contributed by atoms with Crippen LogP contribution in [0.1, 0.15) is 100 Å². The van der Waals surface area contributed by atoms with Gasteiger partial charge in [0.05, 0.1) is 32.3 Å². The van der Waals surface area contributed by atoms with Crippen LogP contribution in [0.25, 0.3) is 44.8 Å². The van der Waals surface area contributed by atoms with Crippen molar-refractivity contribution in [3.05, 3.63) is 136 Å². The molecule has 0 amide bonds. The van der Waals surface area contributed by atoms with Gasteiger partial charge in [0.15, 0.2) is 46.4 Å². The maximum absolute atomic E-state index is 13.9. The molecule has 10 rings (SSSR count). The van der Waals surface area contributed by atoms with Crippen LogP contribution in [-0.2, 0) is 10.8 Å². The smallest absolute Gasteiger partial charge is 0.197 e. The lowest BCUT2D eigenvalue weighted by Crippen LogP contribution is -2.18. The summed E-state index contributed by atoms with van der Waals surface area (Å²) in [5.41, 5.74) is 2.72. The Morgan fingerprint density at radius 1 is 0.481 bits per heavy atom. The van der Waals surface area contributed by atoms with Crippen LogP contribution in [0.4, 0.5) is 17.6 Å². The van der Waals surface area contributed by atoms with Gasteiger partial charge in [-0.2, -0.15) is 0 Å². The van der Waals surface area contributed by atoms with Gasteiger partial charge in [-0.25, -0.2) is 27.5 Å². The fraction of sp³-hybridized carbons (Fsp3) is 0.143. The predicted molar refractivity (Wildman–Crippen MR) is 198 cm³/mol. The molecule has 6 aromatic rings. The van der Waals surface area contributed by atoms with E-state index in [2.05, 4.69) is 0 Å². The molecule has 0 fully saturated rings. The number of fused-ring (bicyclic) bond motifs is 8. The second-order valence-electron chi connectivity index (χ2n) is 14.9. The zero-order valence-corrected chi connectivity index (χ0v) is 30.3. The van der Waals surface area contributed by atoms with Gasteiger partial charge in [0.2, 0.25) is 0 Å². The molecule has 0 aliphatic heterocycles. The third-order valence-corrected chi connectivity index (χ3v) is 13.0. The summed E-state index contributed by atoms with van der Waals surface area (Å²) in [5, 5.41) is 2.17. The van der Waals surface area contributed by atoms with Crippen molar-refractivity contribution in [2.24, 2.45) is 0 Å². The van der Waals surface area contributed by atoms with E-state index in [-0.39, 0.29) is 33.4 Å². The van der Waals surface area contributed by atoms with Crippen LogP contribution in [0, 0.1) is 23.3 Å². The number of nitrogens with zero attached hydrogens (tertiary/aromatic N) is 2. The van der Waals surface area contributed by atoms with Gasteiger partial charge in [0.25, 0.3) is 0 Å². The van der Waals surface area contributed by atoms with Crippen molar-refractivity contribution in [2.75, 3.05) is 0 Å². The van der Waals surface area contributed by atoms with E-state index in [0.717, 1.165) is 56.6 Å². The SMILES string of the molecule is CC1(C)C2=C(c3sc(C=C4C(=O)c5cc6cc(F)c(F)cc6cc5C4=O)nc31)C(C)(C)c1nc(C=C3C(=O)c4cc5cc(F)c(F)cc5cc4C3=O)sc12. The van der Waals surface area contributed by atoms with Crippen molar-refractivity contribution < 1.29 is 36.7 Å². The minimum atomic E-state index is -1.05. The molecule has 0 atom stereocenters. The summed E-state index contributed by atoms with van der Waals surface area (Å²) < 4.78 is 55.7. The third-order valence-electron chi connectivity index (χ3n) is 10.9. The highest BCUT2D eigenvalue weighted by Crippen LogP contribution is 2.64. The van der Waals surface area contributed by atoms with E-state index < -0.39 is 57.2 Å². The number of halogens is 4. The minimum Gasteiger partial charge on any atom is -0.288 e. The third kappa shape index (κ3) is 4.20. The fourth-order valence-electron chi connectivity index (χ4n) is 8.27. The number of carbonyl (C=O) groups excluding carboxylic acids is 4. The molecule has 6 nitrogen and oxygen atoms in total. The maximum atomic E-state index is 13.9. The van der Waals surface area contributed by atoms with E-state index in [1.807, 2.05) is 27.7 Å². The van der Waals surface area contributed by atoms with Gasteiger partial charge >= 0.3 is 0 Å². The molecule has 0 spiro atoms. The van der Waals surface area contributed by atoms with Crippen LogP contribution >= 0.6 is 22.7 Å². The first-order valence-corrected chi connectivity index (χ1v) is 18.4. The number of rotatable bonds is 2. The number of carbonyl (C=O) groups is 4. The molecule has 0 bridgehead atoms. The lowest BCUT2D eigenvalue weighted by atomic mass is 9.84. The monoisotopic (exact) mass is 758 g/mol. The molecule has 4 aliphatic rings. The number of hydrogen-bond donors (Lipinski definition) is 0. The van der Waals surface area contributed by atoms with E-state index in [1.54, 1.807) is 0 Å². The first-order chi connectivity index (χ1) is 25.5. The van der Waals surface area contributed by atoms with Gasteiger partial charge in [0.1, 0.15) is 10.0 Å². The van der Waals surface area contributed by atoms with Crippen LogP contribution in [0.15, 0.2) is 59.7 Å². The van der Waals surface area contributed by atoms with E-state index in [4.69, 9.17) is 9.97 Å². The van der Waals surface area contributed by atoms with Crippen LogP contribution < -0.4 is 0 Å². The number of Topliss-reactive ketones (excluding diaryl/α,β-unsaturated/α-hetero) is 4. The number of aromatic nitrogens is 2. The Kier molecular flexibility index (Phi) is 6.39. The molecule has 54 heavy (non-hydrogen) atoms. The summed E-state index contributed by atoms with van der Waals surface area (Å²) in [5.74, 6) is -6.23. The molecule has 2 heterocycles. The molecule has 4 aliphatic carbocycles. The van der Waals surface area contributed by atoms with Crippen LogP contribution in [0.5, 0.6) is 0 Å². The van der Waals surface area contributed by atoms with Crippen molar-refractivity contribution in [1.82, 2.24) is 9.97 Å². The topological polar surface area (TPSA) is 94.1 Å².